The zero-order valence-electron chi connectivity index (χ0n) is 19.1. The second kappa shape index (κ2) is 8.22. The number of hydrogen-bond acceptors (Lipinski definition) is 4. The first-order valence-corrected chi connectivity index (χ1v) is 11.6. The van der Waals surface area contributed by atoms with Crippen molar-refractivity contribution in [3.63, 3.8) is 0 Å². The summed E-state index contributed by atoms with van der Waals surface area (Å²) < 4.78 is 0. The smallest absolute Gasteiger partial charge is 0.161 e. The second-order valence-corrected chi connectivity index (χ2v) is 9.93. The molecular weight excluding hydrogens is 370 g/mol. The molecule has 0 atom stereocenters. The van der Waals surface area contributed by atoms with Crippen molar-refractivity contribution in [1.82, 2.24) is 9.80 Å². The zero-order chi connectivity index (χ0) is 21.5. The lowest BCUT2D eigenvalue weighted by atomic mass is 9.74. The highest BCUT2D eigenvalue weighted by atomic mass is 16.3. The molecule has 1 aliphatic carbocycles. The van der Waals surface area contributed by atoms with Crippen LogP contribution < -0.4 is 0 Å². The van der Waals surface area contributed by atoms with Gasteiger partial charge in [0.15, 0.2) is 5.76 Å². The average molecular weight is 408 g/mol. The summed E-state index contributed by atoms with van der Waals surface area (Å²) in [6.07, 6.45) is 5.88. The third kappa shape index (κ3) is 3.82. The van der Waals surface area contributed by atoms with E-state index in [4.69, 9.17) is 4.99 Å². The fourth-order valence-electron chi connectivity index (χ4n) is 5.37. The van der Waals surface area contributed by atoms with Gasteiger partial charge >= 0.3 is 0 Å². The minimum absolute atomic E-state index is 0.136. The molecule has 1 saturated carbocycles. The molecule has 4 heteroatoms. The molecule has 0 radical (unpaired) electrons. The highest BCUT2D eigenvalue weighted by Gasteiger charge is 2.41. The van der Waals surface area contributed by atoms with Crippen molar-refractivity contribution < 1.29 is 5.11 Å². The summed E-state index contributed by atoms with van der Waals surface area (Å²) in [7, 11) is 0. The molecule has 162 valence electrons. The van der Waals surface area contributed by atoms with Gasteiger partial charge in [-0.25, -0.2) is 4.99 Å². The van der Waals surface area contributed by atoms with E-state index in [1.807, 2.05) is 0 Å². The van der Waals surface area contributed by atoms with Gasteiger partial charge in [-0.15, -0.1) is 0 Å². The maximum Gasteiger partial charge on any atom is 0.161 e. The summed E-state index contributed by atoms with van der Waals surface area (Å²) >= 11 is 0. The lowest BCUT2D eigenvalue weighted by Crippen LogP contribution is -2.52. The Kier molecular flexibility index (Phi) is 5.80. The van der Waals surface area contributed by atoms with E-state index < -0.39 is 0 Å². The third-order valence-corrected chi connectivity index (χ3v) is 7.36. The topological polar surface area (TPSA) is 39.1 Å². The number of aliphatic imine (C=N–C) groups is 1. The normalized spacial score (nSPS) is 22.1. The van der Waals surface area contributed by atoms with Crippen molar-refractivity contribution in [2.75, 3.05) is 19.6 Å². The molecule has 4 rings (SSSR count). The van der Waals surface area contributed by atoms with E-state index in [2.05, 4.69) is 68.3 Å². The summed E-state index contributed by atoms with van der Waals surface area (Å²) in [6, 6.07) is 9.69. The molecule has 4 nitrogen and oxygen atoms in total. The van der Waals surface area contributed by atoms with Gasteiger partial charge in [-0.3, -0.25) is 4.90 Å². The van der Waals surface area contributed by atoms with Gasteiger partial charge in [0.1, 0.15) is 11.5 Å². The van der Waals surface area contributed by atoms with E-state index in [0.29, 0.717) is 17.7 Å². The van der Waals surface area contributed by atoms with Gasteiger partial charge in [-0.2, -0.15) is 0 Å². The Morgan fingerprint density at radius 2 is 1.87 bits per heavy atom. The molecule has 2 aliphatic heterocycles. The first-order chi connectivity index (χ1) is 14.3. The van der Waals surface area contributed by atoms with Crippen LogP contribution in [0.1, 0.15) is 76.8 Å². The molecule has 2 heterocycles. The molecule has 0 bridgehead atoms. The minimum atomic E-state index is 0.136. The predicted octanol–water partition coefficient (Wildman–Crippen LogP) is 5.73. The number of piperazine rings is 1. The summed E-state index contributed by atoms with van der Waals surface area (Å²) in [4.78, 5) is 9.53. The van der Waals surface area contributed by atoms with Gasteiger partial charge in [0, 0.05) is 37.5 Å². The number of aliphatic hydroxyl groups is 1. The predicted molar refractivity (Wildman–Crippen MR) is 125 cm³/mol. The van der Waals surface area contributed by atoms with Crippen LogP contribution in [-0.2, 0) is 5.41 Å². The maximum absolute atomic E-state index is 10.7. The van der Waals surface area contributed by atoms with Crippen LogP contribution >= 0.6 is 0 Å². The van der Waals surface area contributed by atoms with Crippen molar-refractivity contribution in [3.8, 4) is 0 Å². The van der Waals surface area contributed by atoms with Crippen LogP contribution in [0.5, 0.6) is 0 Å². The van der Waals surface area contributed by atoms with Crippen molar-refractivity contribution in [1.29, 1.82) is 0 Å². The van der Waals surface area contributed by atoms with Gasteiger partial charge in [-0.1, -0.05) is 57.5 Å². The monoisotopic (exact) mass is 407 g/mol. The van der Waals surface area contributed by atoms with Crippen LogP contribution in [0.2, 0.25) is 0 Å². The lowest BCUT2D eigenvalue weighted by molar-refractivity contribution is 0.168. The number of aliphatic hydroxyl groups excluding tert-OH is 1. The van der Waals surface area contributed by atoms with Crippen molar-refractivity contribution in [2.24, 2.45) is 4.99 Å². The molecule has 3 aliphatic rings. The molecule has 1 aromatic carbocycles. The van der Waals surface area contributed by atoms with Gasteiger partial charge in [0.05, 0.1) is 5.70 Å². The minimum Gasteiger partial charge on any atom is -0.504 e. The van der Waals surface area contributed by atoms with Crippen LogP contribution in [-0.4, -0.2) is 46.4 Å². The average Bonchev–Trinajstić information content (AvgIpc) is 3.21. The van der Waals surface area contributed by atoms with Gasteiger partial charge in [0.2, 0.25) is 0 Å². The van der Waals surface area contributed by atoms with Crippen LogP contribution in [0, 0.1) is 0 Å². The van der Waals surface area contributed by atoms with E-state index in [1.165, 1.54) is 36.8 Å². The largest absolute Gasteiger partial charge is 0.504 e. The second-order valence-electron chi connectivity index (χ2n) is 9.93. The van der Waals surface area contributed by atoms with Crippen LogP contribution in [0.4, 0.5) is 0 Å². The first-order valence-electron chi connectivity index (χ1n) is 11.6. The summed E-state index contributed by atoms with van der Waals surface area (Å²) in [5.41, 5.74) is 4.51. The molecule has 1 aromatic rings. The summed E-state index contributed by atoms with van der Waals surface area (Å²) in [5, 5.41) is 10.7. The van der Waals surface area contributed by atoms with Crippen molar-refractivity contribution >= 4 is 5.84 Å². The molecular formula is C26H37N3O. The number of nitrogens with zero attached hydrogens (tertiary/aromatic N) is 3. The zero-order valence-corrected chi connectivity index (χ0v) is 19.1. The van der Waals surface area contributed by atoms with Gasteiger partial charge in [0.25, 0.3) is 0 Å². The number of hydrogen-bond donors (Lipinski definition) is 1. The van der Waals surface area contributed by atoms with E-state index in [1.54, 1.807) is 0 Å². The van der Waals surface area contributed by atoms with Gasteiger partial charge in [-0.05, 0) is 43.7 Å². The van der Waals surface area contributed by atoms with Crippen molar-refractivity contribution in [3.05, 3.63) is 59.1 Å². The number of benzene rings is 1. The first kappa shape index (κ1) is 21.2. The molecule has 1 saturated heterocycles. The molecule has 1 N–H and O–H groups in total. The highest BCUT2D eigenvalue weighted by molar-refractivity contribution is 5.88. The molecule has 0 unspecified atom stereocenters. The molecule has 0 spiro atoms. The number of fused-ring (bicyclic) bond motifs is 1. The Labute approximate surface area is 182 Å². The Morgan fingerprint density at radius 1 is 1.13 bits per heavy atom. The van der Waals surface area contributed by atoms with Crippen LogP contribution in [0.15, 0.2) is 53.0 Å². The molecule has 0 aromatic heterocycles. The van der Waals surface area contributed by atoms with Gasteiger partial charge < -0.3 is 10.0 Å². The van der Waals surface area contributed by atoms with E-state index in [-0.39, 0.29) is 11.2 Å². The third-order valence-electron chi connectivity index (χ3n) is 7.36. The standard InChI is InChI=1S/C26H37N3O/c1-18(2)21-9-8-10-22(15-21)26(11-6-7-12-26)16-24-27-20(5)25(30)23-17-28(19(3)4)13-14-29(23)24/h8-10,15,18-19,30H,5-7,11-14,16-17H2,1-4H3. The van der Waals surface area contributed by atoms with E-state index in [0.717, 1.165) is 37.6 Å². The van der Waals surface area contributed by atoms with Crippen LogP contribution in [0.25, 0.3) is 0 Å². The molecule has 30 heavy (non-hydrogen) atoms. The Bertz CT molecular complexity index is 874. The summed E-state index contributed by atoms with van der Waals surface area (Å²) in [5.74, 6) is 1.89. The van der Waals surface area contributed by atoms with E-state index in [9.17, 15) is 5.11 Å². The van der Waals surface area contributed by atoms with Crippen molar-refractivity contribution in [2.45, 2.75) is 77.2 Å². The molecule has 2 fully saturated rings. The summed E-state index contributed by atoms with van der Waals surface area (Å²) in [6.45, 7) is 15.7. The van der Waals surface area contributed by atoms with E-state index >= 15 is 0 Å². The lowest BCUT2D eigenvalue weighted by Gasteiger charge is -2.44. The number of rotatable bonds is 5. The van der Waals surface area contributed by atoms with Crippen LogP contribution in [0.3, 0.4) is 0 Å². The quantitative estimate of drug-likeness (QED) is 0.677. The highest BCUT2D eigenvalue weighted by Crippen LogP contribution is 2.46. The molecule has 0 amide bonds. The Morgan fingerprint density at radius 3 is 2.53 bits per heavy atom. The Balaban J connectivity index is 1.66. The SMILES string of the molecule is C=C1N=C(CC2(c3cccc(C(C)C)c3)CCCC2)N2CCN(C(C)C)CC2=C1O. The number of amidine groups is 1. The Hall–Kier alpha value is -2.07. The fourth-order valence-corrected chi connectivity index (χ4v) is 5.37. The fraction of sp³-hybridized carbons (Fsp3) is 0.577. The maximum atomic E-state index is 10.7.